The van der Waals surface area contributed by atoms with Gasteiger partial charge in [0.15, 0.2) is 16.6 Å². The molecule has 5 rings (SSSR count). The van der Waals surface area contributed by atoms with Gasteiger partial charge in [-0.1, -0.05) is 22.6 Å². The maximum absolute atomic E-state index is 12.9. The number of nitrogens with one attached hydrogen (secondary N) is 2. The summed E-state index contributed by atoms with van der Waals surface area (Å²) in [4.78, 5) is 24.5. The number of anilines is 4. The van der Waals surface area contributed by atoms with E-state index < -0.39 is 0 Å². The molecule has 12 nitrogen and oxygen atoms in total. The van der Waals surface area contributed by atoms with E-state index in [1.807, 2.05) is 43.9 Å². The number of carbonyl (C=O) groups is 1. The molecule has 4 aromatic rings. The standard InChI is InChI=1S/C27H31N7O5S2/c1-14-6-7-15(29-25(35)18-8-9-40-13-34(18)2)10-17(14)24-32-26(39-33-24)22-23(28)31-27(41-22)30-16-11-19(36-3)21(38-5)20(12-16)37-4/h6-7,10-12,18H,8-9,13,28H2,1-5H3,(H,29,35)(H,30,31). The van der Waals surface area contributed by atoms with Gasteiger partial charge in [0.1, 0.15) is 10.7 Å². The Hall–Kier alpha value is -4.01. The molecule has 1 atom stereocenters. The molecule has 3 heterocycles. The van der Waals surface area contributed by atoms with Crippen molar-refractivity contribution in [2.24, 2.45) is 0 Å². The van der Waals surface area contributed by atoms with Gasteiger partial charge in [-0.25, -0.2) is 4.98 Å². The van der Waals surface area contributed by atoms with E-state index in [9.17, 15) is 4.79 Å². The molecule has 0 aliphatic carbocycles. The Kier molecular flexibility index (Phi) is 8.52. The van der Waals surface area contributed by atoms with Gasteiger partial charge in [0, 0.05) is 34.9 Å². The molecule has 14 heteroatoms. The number of nitrogens with two attached hydrogens (primary N) is 1. The fourth-order valence-electron chi connectivity index (χ4n) is 4.45. The number of nitrogen functional groups attached to an aromatic ring is 1. The molecule has 41 heavy (non-hydrogen) atoms. The van der Waals surface area contributed by atoms with E-state index in [1.165, 1.54) is 11.3 Å². The van der Waals surface area contributed by atoms with Crippen molar-refractivity contribution in [2.45, 2.75) is 19.4 Å². The van der Waals surface area contributed by atoms with Gasteiger partial charge in [0.05, 0.1) is 27.4 Å². The van der Waals surface area contributed by atoms with Crippen molar-refractivity contribution in [3.8, 4) is 39.4 Å². The SMILES string of the molecule is COc1cc(Nc2nc(N)c(-c3nc(-c4cc(NC(=O)C5CCSCN5C)ccc4C)no3)s2)cc(OC)c1OC. The van der Waals surface area contributed by atoms with Crippen LogP contribution in [0.15, 0.2) is 34.9 Å². The van der Waals surface area contributed by atoms with Crippen LogP contribution in [-0.4, -0.2) is 72.0 Å². The summed E-state index contributed by atoms with van der Waals surface area (Å²) in [5, 5.41) is 11.0. The van der Waals surface area contributed by atoms with Crippen LogP contribution in [0.3, 0.4) is 0 Å². The van der Waals surface area contributed by atoms with E-state index in [2.05, 4.69) is 30.7 Å². The normalized spacial score (nSPS) is 15.4. The molecule has 2 aromatic heterocycles. The van der Waals surface area contributed by atoms with Crippen molar-refractivity contribution < 1.29 is 23.5 Å². The first kappa shape index (κ1) is 28.5. The predicted octanol–water partition coefficient (Wildman–Crippen LogP) is 4.85. The van der Waals surface area contributed by atoms with E-state index in [-0.39, 0.29) is 23.7 Å². The fourth-order valence-corrected chi connectivity index (χ4v) is 6.27. The molecule has 0 bridgehead atoms. The van der Waals surface area contributed by atoms with Gasteiger partial charge in [-0.3, -0.25) is 9.69 Å². The zero-order valence-electron chi connectivity index (χ0n) is 23.3. The molecule has 0 radical (unpaired) electrons. The van der Waals surface area contributed by atoms with Crippen molar-refractivity contribution in [1.82, 2.24) is 20.0 Å². The first-order valence-electron chi connectivity index (χ1n) is 12.7. The number of thioether (sulfide) groups is 1. The molecule has 1 amide bonds. The highest BCUT2D eigenvalue weighted by Gasteiger charge is 2.26. The summed E-state index contributed by atoms with van der Waals surface area (Å²) in [6.45, 7) is 1.95. The van der Waals surface area contributed by atoms with Gasteiger partial charge in [-0.15, -0.1) is 11.8 Å². The molecule has 1 saturated heterocycles. The Morgan fingerprint density at radius 3 is 2.54 bits per heavy atom. The molecule has 1 fully saturated rings. The lowest BCUT2D eigenvalue weighted by molar-refractivity contribution is -0.120. The highest BCUT2D eigenvalue weighted by atomic mass is 32.2. The number of amides is 1. The van der Waals surface area contributed by atoms with Crippen LogP contribution in [0.1, 0.15) is 12.0 Å². The van der Waals surface area contributed by atoms with Gasteiger partial charge in [-0.2, -0.15) is 4.98 Å². The summed E-state index contributed by atoms with van der Waals surface area (Å²) in [5.41, 5.74) is 9.24. The van der Waals surface area contributed by atoms with E-state index in [4.69, 9.17) is 24.5 Å². The maximum atomic E-state index is 12.9. The van der Waals surface area contributed by atoms with Crippen LogP contribution < -0.4 is 30.6 Å². The molecule has 4 N–H and O–H groups in total. The van der Waals surface area contributed by atoms with Crippen LogP contribution in [0.5, 0.6) is 17.2 Å². The van der Waals surface area contributed by atoms with Crippen molar-refractivity contribution in [1.29, 1.82) is 0 Å². The first-order chi connectivity index (χ1) is 19.8. The highest BCUT2D eigenvalue weighted by Crippen LogP contribution is 2.42. The van der Waals surface area contributed by atoms with E-state index in [0.29, 0.717) is 44.5 Å². The Bertz CT molecular complexity index is 1530. The van der Waals surface area contributed by atoms with Gasteiger partial charge >= 0.3 is 0 Å². The summed E-state index contributed by atoms with van der Waals surface area (Å²) in [6, 6.07) is 9.02. The zero-order valence-corrected chi connectivity index (χ0v) is 24.9. The van der Waals surface area contributed by atoms with Crippen molar-refractivity contribution in [3.63, 3.8) is 0 Å². The number of methoxy groups -OCH3 is 3. The van der Waals surface area contributed by atoms with E-state index in [1.54, 1.807) is 33.5 Å². The quantitative estimate of drug-likeness (QED) is 0.242. The smallest absolute Gasteiger partial charge is 0.272 e. The maximum Gasteiger partial charge on any atom is 0.272 e. The number of thiazole rings is 1. The molecule has 2 aromatic carbocycles. The summed E-state index contributed by atoms with van der Waals surface area (Å²) >= 11 is 3.09. The van der Waals surface area contributed by atoms with Gasteiger partial charge < -0.3 is 35.1 Å². The molecule has 1 unspecified atom stereocenters. The van der Waals surface area contributed by atoms with Crippen LogP contribution in [0.25, 0.3) is 22.2 Å². The van der Waals surface area contributed by atoms with Crippen LogP contribution in [0, 0.1) is 6.92 Å². The Labute approximate surface area is 245 Å². The number of rotatable bonds is 9. The average Bonchev–Trinajstić information content (AvgIpc) is 3.60. The second-order valence-electron chi connectivity index (χ2n) is 9.31. The van der Waals surface area contributed by atoms with Crippen molar-refractivity contribution in [2.75, 3.05) is 56.4 Å². The zero-order chi connectivity index (χ0) is 29.1. The van der Waals surface area contributed by atoms with E-state index in [0.717, 1.165) is 29.2 Å². The number of hydrogen-bond donors (Lipinski definition) is 3. The number of nitrogens with zero attached hydrogens (tertiary/aromatic N) is 4. The minimum atomic E-state index is -0.157. The Balaban J connectivity index is 1.36. The Morgan fingerprint density at radius 2 is 1.85 bits per heavy atom. The molecule has 1 aliphatic rings. The largest absolute Gasteiger partial charge is 0.493 e. The summed E-state index contributed by atoms with van der Waals surface area (Å²) in [5.74, 6) is 4.12. The van der Waals surface area contributed by atoms with Crippen LogP contribution in [0.4, 0.5) is 22.3 Å². The number of benzene rings is 2. The number of likely N-dealkylation sites (N-methyl/N-ethyl adjacent to an activating group) is 1. The molecule has 216 valence electrons. The Morgan fingerprint density at radius 1 is 1.10 bits per heavy atom. The number of ether oxygens (including phenoxy) is 3. The topological polar surface area (TPSA) is 150 Å². The summed E-state index contributed by atoms with van der Waals surface area (Å²) in [6.07, 6.45) is 0.812. The van der Waals surface area contributed by atoms with Gasteiger partial charge in [0.25, 0.3) is 5.89 Å². The van der Waals surface area contributed by atoms with Crippen LogP contribution >= 0.6 is 23.1 Å². The van der Waals surface area contributed by atoms with Gasteiger partial charge in [-0.05, 0) is 43.8 Å². The molecule has 0 saturated carbocycles. The molecule has 1 aliphatic heterocycles. The average molecular weight is 598 g/mol. The van der Waals surface area contributed by atoms with E-state index >= 15 is 0 Å². The summed E-state index contributed by atoms with van der Waals surface area (Å²) < 4.78 is 21.8. The first-order valence-corrected chi connectivity index (χ1v) is 14.7. The molecule has 0 spiro atoms. The van der Waals surface area contributed by atoms with Crippen molar-refractivity contribution >= 4 is 51.3 Å². The lowest BCUT2D eigenvalue weighted by Gasteiger charge is -2.30. The van der Waals surface area contributed by atoms with Crippen LogP contribution in [-0.2, 0) is 4.79 Å². The second-order valence-corrected chi connectivity index (χ2v) is 11.4. The lowest BCUT2D eigenvalue weighted by atomic mass is 10.1. The lowest BCUT2D eigenvalue weighted by Crippen LogP contribution is -2.44. The fraction of sp³-hybridized carbons (Fsp3) is 0.333. The molecular weight excluding hydrogens is 566 g/mol. The predicted molar refractivity (Wildman–Crippen MR) is 161 cm³/mol. The molecular formula is C27H31N7O5S2. The minimum absolute atomic E-state index is 0.0269. The minimum Gasteiger partial charge on any atom is -0.493 e. The number of carbonyl (C=O) groups excluding carboxylic acids is 1. The second kappa shape index (κ2) is 12.2. The van der Waals surface area contributed by atoms with Gasteiger partial charge in [0.2, 0.25) is 17.5 Å². The third kappa shape index (κ3) is 6.04. The summed E-state index contributed by atoms with van der Waals surface area (Å²) in [7, 11) is 6.61. The number of aromatic nitrogens is 3. The number of hydrogen-bond acceptors (Lipinski definition) is 13. The highest BCUT2D eigenvalue weighted by molar-refractivity contribution is 7.99. The van der Waals surface area contributed by atoms with Crippen molar-refractivity contribution in [3.05, 3.63) is 35.9 Å². The number of aryl methyl sites for hydroxylation is 1. The third-order valence-corrected chi connectivity index (χ3v) is 8.69. The monoisotopic (exact) mass is 597 g/mol. The third-order valence-electron chi connectivity index (χ3n) is 6.60. The van der Waals surface area contributed by atoms with Crippen LogP contribution in [0.2, 0.25) is 0 Å².